The van der Waals surface area contributed by atoms with Gasteiger partial charge in [0.05, 0.1) is 17.6 Å². The Balaban J connectivity index is 0.000000771. The average Bonchev–Trinajstić information content (AvgIpc) is 2.79. The minimum atomic E-state index is -0.613. The zero-order valence-corrected chi connectivity index (χ0v) is 10.6. The molecule has 0 saturated heterocycles. The molecule has 5 nitrogen and oxygen atoms in total. The Morgan fingerprint density at radius 3 is 2.78 bits per heavy atom. The van der Waals surface area contributed by atoms with Gasteiger partial charge in [0.25, 0.3) is 5.56 Å². The highest BCUT2D eigenvalue weighted by Crippen LogP contribution is 2.06. The fourth-order valence-electron chi connectivity index (χ4n) is 1.46. The van der Waals surface area contributed by atoms with Crippen molar-refractivity contribution in [2.24, 2.45) is 0 Å². The molecule has 0 bridgehead atoms. The normalized spacial score (nSPS) is 9.78. The first-order chi connectivity index (χ1) is 8.59. The van der Waals surface area contributed by atoms with Crippen LogP contribution in [-0.4, -0.2) is 15.5 Å². The Morgan fingerprint density at radius 2 is 2.17 bits per heavy atom. The monoisotopic (exact) mass is 253 g/mol. The third-order valence-corrected chi connectivity index (χ3v) is 2.25. The summed E-state index contributed by atoms with van der Waals surface area (Å²) in [6, 6.07) is 2.84. The second kappa shape index (κ2) is 6.00. The number of carbonyl (C=O) groups excluding carboxylic acids is 1. The maximum Gasteiger partial charge on any atom is 0.277 e. The third kappa shape index (κ3) is 2.77. The number of hydrogen-bond donors (Lipinski definition) is 2. The molecule has 0 aliphatic carbocycles. The molecule has 18 heavy (non-hydrogen) atoms. The molecule has 98 valence electrons. The number of fused-ring (bicyclic) bond motifs is 1. The van der Waals surface area contributed by atoms with E-state index in [9.17, 15) is 14.0 Å². The highest BCUT2D eigenvalue weighted by Gasteiger charge is 2.11. The number of halogens is 1. The summed E-state index contributed by atoms with van der Waals surface area (Å²) in [6.45, 7) is 5.20. The molecule has 0 fully saturated rings. The van der Waals surface area contributed by atoms with E-state index in [4.69, 9.17) is 0 Å². The second-order valence-corrected chi connectivity index (χ2v) is 3.41. The van der Waals surface area contributed by atoms with Gasteiger partial charge < -0.3 is 5.32 Å². The van der Waals surface area contributed by atoms with Gasteiger partial charge in [0.15, 0.2) is 0 Å². The topological polar surface area (TPSA) is 66.4 Å². The lowest BCUT2D eigenvalue weighted by molar-refractivity contribution is -0.119. The van der Waals surface area contributed by atoms with Gasteiger partial charge in [-0.05, 0) is 6.07 Å². The van der Waals surface area contributed by atoms with Gasteiger partial charge in [-0.25, -0.2) is 8.91 Å². The third-order valence-electron chi connectivity index (χ3n) is 2.25. The lowest BCUT2D eigenvalue weighted by Crippen LogP contribution is -2.28. The number of pyridine rings is 1. The van der Waals surface area contributed by atoms with E-state index in [1.165, 1.54) is 17.5 Å². The number of rotatable bonds is 2. The van der Waals surface area contributed by atoms with Crippen molar-refractivity contribution in [3.05, 3.63) is 40.1 Å². The molecular formula is C12H16FN3O2. The molecule has 0 aliphatic rings. The first-order valence-electron chi connectivity index (χ1n) is 5.71. The number of hydrogen-bond acceptors (Lipinski definition) is 2. The van der Waals surface area contributed by atoms with Crippen LogP contribution in [-0.2, 0) is 11.3 Å². The molecule has 0 unspecified atom stereocenters. The fraction of sp³-hybridized carbons (Fsp3) is 0.333. The molecule has 0 radical (unpaired) electrons. The van der Waals surface area contributed by atoms with E-state index in [0.29, 0.717) is 5.52 Å². The second-order valence-electron chi connectivity index (χ2n) is 3.41. The molecule has 2 aromatic heterocycles. The van der Waals surface area contributed by atoms with E-state index in [0.717, 1.165) is 0 Å². The zero-order valence-electron chi connectivity index (χ0n) is 10.6. The standard InChI is InChI=1S/C10H10FN3O2.C2H6/c1-6(15)12-5-8-9(11)4-7-2-3-13-14(7)10(8)16;1-2/h2-4,13H,5H2,1H3,(H,12,15);1-2H3. The van der Waals surface area contributed by atoms with Crippen LogP contribution < -0.4 is 10.9 Å². The van der Waals surface area contributed by atoms with Crippen LogP contribution in [0.5, 0.6) is 0 Å². The van der Waals surface area contributed by atoms with E-state index in [2.05, 4.69) is 10.4 Å². The summed E-state index contributed by atoms with van der Waals surface area (Å²) in [7, 11) is 0. The van der Waals surface area contributed by atoms with Crippen molar-refractivity contribution in [3.8, 4) is 0 Å². The van der Waals surface area contributed by atoms with Gasteiger partial charge >= 0.3 is 0 Å². The molecule has 2 rings (SSSR count). The predicted molar refractivity (Wildman–Crippen MR) is 66.8 cm³/mol. The largest absolute Gasteiger partial charge is 0.352 e. The van der Waals surface area contributed by atoms with Crippen molar-refractivity contribution in [3.63, 3.8) is 0 Å². The Kier molecular flexibility index (Phi) is 4.65. The van der Waals surface area contributed by atoms with Gasteiger partial charge in [-0.1, -0.05) is 13.8 Å². The summed E-state index contributed by atoms with van der Waals surface area (Å²) in [5.74, 6) is -0.922. The predicted octanol–water partition coefficient (Wildman–Crippen LogP) is 1.43. The van der Waals surface area contributed by atoms with E-state index in [1.54, 1.807) is 12.3 Å². The smallest absolute Gasteiger partial charge is 0.277 e. The Bertz CT molecular complexity index is 601. The summed E-state index contributed by atoms with van der Waals surface area (Å²) >= 11 is 0. The van der Waals surface area contributed by atoms with Gasteiger partial charge in [0, 0.05) is 19.2 Å². The highest BCUT2D eigenvalue weighted by atomic mass is 19.1. The fourth-order valence-corrected chi connectivity index (χ4v) is 1.46. The molecule has 6 heteroatoms. The zero-order chi connectivity index (χ0) is 13.7. The molecule has 2 heterocycles. The summed E-state index contributed by atoms with van der Waals surface area (Å²) in [5.41, 5.74) is -0.0991. The number of nitrogens with one attached hydrogen (secondary N) is 2. The first kappa shape index (κ1) is 14.0. The first-order valence-corrected chi connectivity index (χ1v) is 5.71. The van der Waals surface area contributed by atoms with E-state index < -0.39 is 11.4 Å². The van der Waals surface area contributed by atoms with Crippen LogP contribution >= 0.6 is 0 Å². The maximum atomic E-state index is 13.5. The van der Waals surface area contributed by atoms with Gasteiger partial charge in [-0.15, -0.1) is 0 Å². The molecule has 0 aromatic carbocycles. The van der Waals surface area contributed by atoms with E-state index >= 15 is 0 Å². The van der Waals surface area contributed by atoms with E-state index in [-0.39, 0.29) is 18.0 Å². The summed E-state index contributed by atoms with van der Waals surface area (Å²) in [6.07, 6.45) is 1.54. The summed E-state index contributed by atoms with van der Waals surface area (Å²) < 4.78 is 14.8. The number of H-pyrrole nitrogens is 1. The summed E-state index contributed by atoms with van der Waals surface area (Å²) in [5, 5.41) is 5.06. The molecule has 0 atom stereocenters. The Labute approximate surface area is 104 Å². The number of carbonyl (C=O) groups is 1. The van der Waals surface area contributed by atoms with Gasteiger partial charge in [0.2, 0.25) is 5.91 Å². The quantitative estimate of drug-likeness (QED) is 0.850. The average molecular weight is 253 g/mol. The minimum absolute atomic E-state index is 0.0600. The minimum Gasteiger partial charge on any atom is -0.352 e. The lowest BCUT2D eigenvalue weighted by atomic mass is 10.2. The van der Waals surface area contributed by atoms with Crippen LogP contribution in [0.2, 0.25) is 0 Å². The molecule has 1 amide bonds. The highest BCUT2D eigenvalue weighted by molar-refractivity contribution is 5.72. The molecule has 0 saturated carbocycles. The van der Waals surface area contributed by atoms with Crippen molar-refractivity contribution < 1.29 is 9.18 Å². The van der Waals surface area contributed by atoms with Gasteiger partial charge in [0.1, 0.15) is 5.82 Å². The van der Waals surface area contributed by atoms with Crippen LogP contribution in [0.15, 0.2) is 23.1 Å². The Morgan fingerprint density at radius 1 is 1.50 bits per heavy atom. The number of aromatic nitrogens is 2. The molecule has 2 aromatic rings. The van der Waals surface area contributed by atoms with E-state index in [1.807, 2.05) is 13.8 Å². The van der Waals surface area contributed by atoms with Crippen molar-refractivity contribution in [1.29, 1.82) is 0 Å². The van der Waals surface area contributed by atoms with Crippen LogP contribution in [0.25, 0.3) is 5.52 Å². The number of amides is 1. The number of nitrogens with zero attached hydrogens (tertiary/aromatic N) is 1. The summed E-state index contributed by atoms with van der Waals surface area (Å²) in [4.78, 5) is 22.5. The molecule has 0 spiro atoms. The van der Waals surface area contributed by atoms with Crippen molar-refractivity contribution in [2.45, 2.75) is 27.3 Å². The number of aromatic amines is 1. The molecule has 0 aliphatic heterocycles. The van der Waals surface area contributed by atoms with Crippen LogP contribution in [0.3, 0.4) is 0 Å². The van der Waals surface area contributed by atoms with Crippen LogP contribution in [0.4, 0.5) is 4.39 Å². The Hall–Kier alpha value is -2.11. The molecule has 2 N–H and O–H groups in total. The van der Waals surface area contributed by atoms with Crippen LogP contribution in [0, 0.1) is 5.82 Å². The van der Waals surface area contributed by atoms with Gasteiger partial charge in [-0.2, -0.15) is 0 Å². The molecular weight excluding hydrogens is 237 g/mol. The van der Waals surface area contributed by atoms with Crippen LogP contribution in [0.1, 0.15) is 26.3 Å². The maximum absolute atomic E-state index is 13.5. The SMILES string of the molecule is CC.CC(=O)NCc1c(F)cc2cc[nH]n2c1=O. The van der Waals surface area contributed by atoms with Crippen molar-refractivity contribution in [1.82, 2.24) is 14.9 Å². The van der Waals surface area contributed by atoms with Crippen molar-refractivity contribution >= 4 is 11.4 Å². The van der Waals surface area contributed by atoms with Crippen molar-refractivity contribution in [2.75, 3.05) is 0 Å². The van der Waals surface area contributed by atoms with Gasteiger partial charge in [-0.3, -0.25) is 14.7 Å². The lowest BCUT2D eigenvalue weighted by Gasteiger charge is -2.04.